The lowest BCUT2D eigenvalue weighted by Crippen LogP contribution is -2.49. The molecule has 8 nitrogen and oxygen atoms in total. The predicted octanol–water partition coefficient (Wildman–Crippen LogP) is 4.49. The van der Waals surface area contributed by atoms with Gasteiger partial charge in [-0.15, -0.1) is 0 Å². The van der Waals surface area contributed by atoms with Gasteiger partial charge in [0.2, 0.25) is 0 Å². The second kappa shape index (κ2) is 13.9. The van der Waals surface area contributed by atoms with Crippen molar-refractivity contribution in [2.75, 3.05) is 45.8 Å². The molecule has 43 heavy (non-hydrogen) atoms. The van der Waals surface area contributed by atoms with Crippen molar-refractivity contribution in [3.05, 3.63) is 87.9 Å². The smallest absolute Gasteiger partial charge is 0.253 e. The molecule has 6 N–H and O–H groups in total. The highest BCUT2D eigenvalue weighted by molar-refractivity contribution is 5.94. The summed E-state index contributed by atoms with van der Waals surface area (Å²) in [4.78, 5) is 20.2. The molecule has 1 aliphatic carbocycles. The summed E-state index contributed by atoms with van der Waals surface area (Å²) in [6.45, 7) is 12.1. The number of allylic oxidation sites excluding steroid dienone is 1. The molecule has 2 aliphatic heterocycles. The number of carbonyl (C=O) groups excluding carboxylic acids is 1. The number of amides is 1. The van der Waals surface area contributed by atoms with Gasteiger partial charge >= 0.3 is 0 Å². The number of nitrogens with two attached hydrogens (primary N) is 3. The van der Waals surface area contributed by atoms with Crippen LogP contribution in [0.5, 0.6) is 0 Å². The van der Waals surface area contributed by atoms with Gasteiger partial charge in [0.15, 0.2) is 0 Å². The third kappa shape index (κ3) is 7.54. The highest BCUT2D eigenvalue weighted by Crippen LogP contribution is 2.31. The van der Waals surface area contributed by atoms with E-state index in [9.17, 15) is 4.79 Å². The maximum absolute atomic E-state index is 13.5. The van der Waals surface area contributed by atoms with E-state index in [4.69, 9.17) is 21.9 Å². The van der Waals surface area contributed by atoms with E-state index in [1.54, 1.807) is 0 Å². The van der Waals surface area contributed by atoms with Crippen molar-refractivity contribution in [3.8, 4) is 0 Å². The first-order valence-electron chi connectivity index (χ1n) is 16.0. The molecule has 0 aromatic heterocycles. The first-order chi connectivity index (χ1) is 20.7. The van der Waals surface area contributed by atoms with Crippen LogP contribution in [-0.2, 0) is 4.74 Å². The quantitative estimate of drug-likeness (QED) is 0.410. The lowest BCUT2D eigenvalue weighted by molar-refractivity contribution is -0.0686. The fraction of sp³-hybridized carbons (Fsp3) is 0.514. The molecule has 8 heteroatoms. The largest absolute Gasteiger partial charge is 0.398 e. The number of morpholine rings is 1. The molecule has 232 valence electrons. The van der Waals surface area contributed by atoms with E-state index in [0.717, 1.165) is 59.9 Å². The minimum absolute atomic E-state index is 0.0493. The zero-order valence-electron chi connectivity index (χ0n) is 26.2. The predicted molar refractivity (Wildman–Crippen MR) is 174 cm³/mol. The van der Waals surface area contributed by atoms with E-state index in [1.807, 2.05) is 54.3 Å². The standard InChI is InChI=1S/C35H50N6O2/c1-24-9-7-8-12-29(24)31(36)20-32(34(37)38)41-21-26(3)43-33(23-41)30-14-13-28(19-25(30)2)35(42)40-17-15-39(16-18-40)22-27-10-5-4-6-11-27/h7-9,12-14,19-20,26-27,33H,4-6,10-11,15-18,21-23,36-38H2,1-3H3/b31-20-. The Morgan fingerprint density at radius 1 is 0.907 bits per heavy atom. The van der Waals surface area contributed by atoms with Crippen molar-refractivity contribution in [2.45, 2.75) is 65.1 Å². The summed E-state index contributed by atoms with van der Waals surface area (Å²) in [5.41, 5.74) is 25.1. The summed E-state index contributed by atoms with van der Waals surface area (Å²) >= 11 is 0. The number of aryl methyl sites for hydroxylation is 2. The van der Waals surface area contributed by atoms with E-state index in [2.05, 4.69) is 29.7 Å². The Morgan fingerprint density at radius 2 is 1.63 bits per heavy atom. The zero-order chi connectivity index (χ0) is 30.5. The van der Waals surface area contributed by atoms with E-state index < -0.39 is 0 Å². The molecule has 2 unspecified atom stereocenters. The monoisotopic (exact) mass is 586 g/mol. The van der Waals surface area contributed by atoms with Crippen molar-refractivity contribution in [1.29, 1.82) is 0 Å². The molecule has 2 heterocycles. The van der Waals surface area contributed by atoms with Gasteiger partial charge in [-0.05, 0) is 74.4 Å². The van der Waals surface area contributed by atoms with Gasteiger partial charge in [-0.25, -0.2) is 0 Å². The third-order valence-corrected chi connectivity index (χ3v) is 9.41. The Balaban J connectivity index is 1.25. The number of piperazine rings is 1. The molecule has 0 radical (unpaired) electrons. The van der Waals surface area contributed by atoms with Crippen LogP contribution >= 0.6 is 0 Å². The van der Waals surface area contributed by atoms with E-state index in [1.165, 1.54) is 38.6 Å². The number of benzene rings is 2. The summed E-state index contributed by atoms with van der Waals surface area (Å²) in [6, 6.07) is 14.0. The van der Waals surface area contributed by atoms with E-state index in [0.29, 0.717) is 24.5 Å². The van der Waals surface area contributed by atoms with Gasteiger partial charge in [0.25, 0.3) is 5.91 Å². The topological polar surface area (TPSA) is 114 Å². The maximum Gasteiger partial charge on any atom is 0.253 e. The van der Waals surface area contributed by atoms with Gasteiger partial charge < -0.3 is 31.7 Å². The van der Waals surface area contributed by atoms with Crippen molar-refractivity contribution >= 4 is 11.6 Å². The van der Waals surface area contributed by atoms with Gasteiger partial charge in [0.05, 0.1) is 11.8 Å². The number of hydrogen-bond donors (Lipinski definition) is 3. The molecule has 1 amide bonds. The van der Waals surface area contributed by atoms with Gasteiger partial charge in [-0.2, -0.15) is 0 Å². The average molecular weight is 587 g/mol. The SMILES string of the molecule is Cc1ccccc1/C(N)=C/C(=C(N)N)N1CC(C)OC(c2ccc(C(=O)N3CCN(CC4CCCCC4)CC3)cc2C)C1. The van der Waals surface area contributed by atoms with E-state index in [-0.39, 0.29) is 23.9 Å². The van der Waals surface area contributed by atoms with Crippen LogP contribution in [0.2, 0.25) is 0 Å². The Bertz CT molecular complexity index is 1340. The first-order valence-corrected chi connectivity index (χ1v) is 16.0. The molecule has 1 saturated carbocycles. The Kier molecular flexibility index (Phi) is 9.98. The van der Waals surface area contributed by atoms with Gasteiger partial charge in [-0.1, -0.05) is 49.6 Å². The van der Waals surface area contributed by atoms with Crippen molar-refractivity contribution < 1.29 is 9.53 Å². The van der Waals surface area contributed by atoms with Crippen LogP contribution in [-0.4, -0.2) is 72.5 Å². The molecule has 2 aromatic rings. The molecular formula is C35H50N6O2. The average Bonchev–Trinajstić information content (AvgIpc) is 3.00. The summed E-state index contributed by atoms with van der Waals surface area (Å²) in [5, 5.41) is 0. The second-order valence-electron chi connectivity index (χ2n) is 12.8. The summed E-state index contributed by atoms with van der Waals surface area (Å²) in [7, 11) is 0. The molecule has 0 bridgehead atoms. The van der Waals surface area contributed by atoms with Crippen LogP contribution in [0.3, 0.4) is 0 Å². The second-order valence-corrected chi connectivity index (χ2v) is 12.8. The number of hydrogen-bond acceptors (Lipinski definition) is 7. The lowest BCUT2D eigenvalue weighted by Gasteiger charge is -2.39. The van der Waals surface area contributed by atoms with Gasteiger partial charge in [0.1, 0.15) is 11.9 Å². The lowest BCUT2D eigenvalue weighted by atomic mass is 9.89. The normalized spacial score (nSPS) is 22.4. The molecule has 2 saturated heterocycles. The molecule has 3 fully saturated rings. The van der Waals surface area contributed by atoms with Crippen LogP contribution in [0, 0.1) is 19.8 Å². The van der Waals surface area contributed by atoms with Crippen molar-refractivity contribution in [2.24, 2.45) is 23.1 Å². The summed E-state index contributed by atoms with van der Waals surface area (Å²) in [5.74, 6) is 1.17. The molecule has 2 atom stereocenters. The highest BCUT2D eigenvalue weighted by Gasteiger charge is 2.30. The molecular weight excluding hydrogens is 536 g/mol. The third-order valence-electron chi connectivity index (χ3n) is 9.41. The van der Waals surface area contributed by atoms with Crippen LogP contribution in [0.25, 0.3) is 5.70 Å². The van der Waals surface area contributed by atoms with Gasteiger partial charge in [-0.3, -0.25) is 9.69 Å². The Morgan fingerprint density at radius 3 is 2.30 bits per heavy atom. The van der Waals surface area contributed by atoms with Crippen LogP contribution < -0.4 is 17.2 Å². The molecule has 3 aliphatic rings. The summed E-state index contributed by atoms with van der Waals surface area (Å²) < 4.78 is 6.41. The Hall–Kier alpha value is -3.49. The Labute approximate surface area is 257 Å². The minimum atomic E-state index is -0.196. The number of rotatable bonds is 7. The number of ether oxygens (including phenoxy) is 1. The zero-order valence-corrected chi connectivity index (χ0v) is 26.2. The number of nitrogens with zero attached hydrogens (tertiary/aromatic N) is 3. The molecule has 2 aromatic carbocycles. The van der Waals surface area contributed by atoms with Crippen molar-refractivity contribution in [1.82, 2.24) is 14.7 Å². The number of carbonyl (C=O) groups is 1. The van der Waals surface area contributed by atoms with Crippen LogP contribution in [0.15, 0.2) is 60.1 Å². The van der Waals surface area contributed by atoms with Gasteiger partial charge in [0, 0.05) is 62.6 Å². The first kappa shape index (κ1) is 31.0. The minimum Gasteiger partial charge on any atom is -0.398 e. The van der Waals surface area contributed by atoms with E-state index >= 15 is 0 Å². The maximum atomic E-state index is 13.5. The fourth-order valence-corrected chi connectivity index (χ4v) is 7.02. The van der Waals surface area contributed by atoms with Crippen molar-refractivity contribution in [3.63, 3.8) is 0 Å². The van der Waals surface area contributed by atoms with Crippen LogP contribution in [0.1, 0.15) is 77.7 Å². The van der Waals surface area contributed by atoms with Crippen LogP contribution in [0.4, 0.5) is 0 Å². The molecule has 0 spiro atoms. The summed E-state index contributed by atoms with van der Waals surface area (Å²) in [6.07, 6.45) is 8.49. The highest BCUT2D eigenvalue weighted by atomic mass is 16.5. The molecule has 5 rings (SSSR count). The fourth-order valence-electron chi connectivity index (χ4n) is 7.02.